The van der Waals surface area contributed by atoms with Gasteiger partial charge in [0.25, 0.3) is 5.91 Å². The van der Waals surface area contributed by atoms with Crippen LogP contribution in [0.4, 0.5) is 0 Å². The van der Waals surface area contributed by atoms with E-state index in [0.717, 1.165) is 11.3 Å². The summed E-state index contributed by atoms with van der Waals surface area (Å²) in [6.45, 7) is 0.00636. The van der Waals surface area contributed by atoms with Crippen molar-refractivity contribution in [1.82, 2.24) is 20.1 Å². The lowest BCUT2D eigenvalue weighted by molar-refractivity contribution is 0.0930. The number of hydrogen-bond donors (Lipinski definition) is 2. The number of amides is 1. The van der Waals surface area contributed by atoms with Crippen molar-refractivity contribution in [1.29, 1.82) is 0 Å². The van der Waals surface area contributed by atoms with Crippen molar-refractivity contribution >= 4 is 5.91 Å². The van der Waals surface area contributed by atoms with Gasteiger partial charge in [-0.1, -0.05) is 30.3 Å². The second kappa shape index (κ2) is 7.52. The number of benzene rings is 2. The Morgan fingerprint density at radius 1 is 1.04 bits per heavy atom. The maximum Gasteiger partial charge on any atom is 0.251 e. The van der Waals surface area contributed by atoms with E-state index >= 15 is 0 Å². The first-order valence-corrected chi connectivity index (χ1v) is 7.69. The third kappa shape index (κ3) is 3.67. The second-order valence-corrected chi connectivity index (χ2v) is 5.37. The van der Waals surface area contributed by atoms with Gasteiger partial charge in [0.1, 0.15) is 12.7 Å². The van der Waals surface area contributed by atoms with Crippen LogP contribution in [0.3, 0.4) is 0 Å². The summed E-state index contributed by atoms with van der Waals surface area (Å²) < 4.78 is 1.76. The molecule has 0 aliphatic carbocycles. The average Bonchev–Trinajstić information content (AvgIpc) is 3.17. The molecule has 0 saturated carbocycles. The monoisotopic (exact) mass is 322 g/mol. The minimum absolute atomic E-state index is 0.00636. The minimum Gasteiger partial charge on any atom is -0.396 e. The number of aromatic nitrogens is 3. The number of hydrogen-bond acceptors (Lipinski definition) is 4. The van der Waals surface area contributed by atoms with Gasteiger partial charge in [-0.2, -0.15) is 0 Å². The van der Waals surface area contributed by atoms with Gasteiger partial charge >= 0.3 is 0 Å². The van der Waals surface area contributed by atoms with E-state index in [2.05, 4.69) is 15.5 Å². The van der Waals surface area contributed by atoms with E-state index in [4.69, 9.17) is 0 Å². The molecule has 0 spiro atoms. The van der Waals surface area contributed by atoms with Crippen LogP contribution in [0.15, 0.2) is 67.3 Å². The van der Waals surface area contributed by atoms with Gasteiger partial charge in [0.2, 0.25) is 0 Å². The van der Waals surface area contributed by atoms with Gasteiger partial charge in [-0.05, 0) is 36.2 Å². The molecule has 122 valence electrons. The topological polar surface area (TPSA) is 80.0 Å². The second-order valence-electron chi connectivity index (χ2n) is 5.37. The summed E-state index contributed by atoms with van der Waals surface area (Å²) in [5.74, 6) is -0.174. The van der Waals surface area contributed by atoms with Crippen molar-refractivity contribution in [3.63, 3.8) is 0 Å². The van der Waals surface area contributed by atoms with Crippen LogP contribution in [0.5, 0.6) is 0 Å². The van der Waals surface area contributed by atoms with Gasteiger partial charge in [-0.3, -0.25) is 9.36 Å². The normalized spacial score (nSPS) is 11.9. The molecule has 1 unspecified atom stereocenters. The fourth-order valence-electron chi connectivity index (χ4n) is 2.50. The van der Waals surface area contributed by atoms with Crippen molar-refractivity contribution in [3.8, 4) is 5.69 Å². The third-order valence-corrected chi connectivity index (χ3v) is 3.77. The minimum atomic E-state index is -0.221. The van der Waals surface area contributed by atoms with E-state index in [1.54, 1.807) is 29.4 Å². The van der Waals surface area contributed by atoms with E-state index in [0.29, 0.717) is 12.0 Å². The molecule has 3 aromatic rings. The van der Waals surface area contributed by atoms with Crippen LogP contribution in [0.1, 0.15) is 28.4 Å². The van der Waals surface area contributed by atoms with Crippen molar-refractivity contribution in [2.75, 3.05) is 6.61 Å². The largest absolute Gasteiger partial charge is 0.396 e. The van der Waals surface area contributed by atoms with Crippen LogP contribution < -0.4 is 5.32 Å². The highest BCUT2D eigenvalue weighted by Gasteiger charge is 2.15. The molecule has 0 fully saturated rings. The molecule has 1 heterocycles. The molecule has 2 aromatic carbocycles. The lowest BCUT2D eigenvalue weighted by atomic mass is 10.0. The standard InChI is InChI=1S/C18H18N4O2/c23-11-10-17(14-4-2-1-3-5-14)21-18(24)15-6-8-16(9-7-15)22-12-19-20-13-22/h1-9,12-13,17,23H,10-11H2,(H,21,24). The van der Waals surface area contributed by atoms with E-state index in [9.17, 15) is 9.90 Å². The number of rotatable bonds is 6. The summed E-state index contributed by atoms with van der Waals surface area (Å²) >= 11 is 0. The molecule has 2 N–H and O–H groups in total. The molecule has 3 rings (SSSR count). The van der Waals surface area contributed by atoms with Crippen molar-refractivity contribution in [2.24, 2.45) is 0 Å². The lowest BCUT2D eigenvalue weighted by Crippen LogP contribution is -2.29. The summed E-state index contributed by atoms with van der Waals surface area (Å²) in [7, 11) is 0. The molecule has 0 bridgehead atoms. The molecule has 0 aliphatic rings. The fraction of sp³-hybridized carbons (Fsp3) is 0.167. The number of aliphatic hydroxyl groups is 1. The lowest BCUT2D eigenvalue weighted by Gasteiger charge is -2.18. The molecular weight excluding hydrogens is 304 g/mol. The Balaban J connectivity index is 1.73. The van der Waals surface area contributed by atoms with E-state index < -0.39 is 0 Å². The van der Waals surface area contributed by atoms with E-state index in [-0.39, 0.29) is 18.6 Å². The fourth-order valence-corrected chi connectivity index (χ4v) is 2.50. The number of aliphatic hydroxyl groups excluding tert-OH is 1. The maximum absolute atomic E-state index is 12.5. The first-order valence-electron chi connectivity index (χ1n) is 7.69. The quantitative estimate of drug-likeness (QED) is 0.728. The Hall–Kier alpha value is -2.99. The average molecular weight is 322 g/mol. The highest BCUT2D eigenvalue weighted by atomic mass is 16.3. The highest BCUT2D eigenvalue weighted by Crippen LogP contribution is 2.17. The molecule has 0 aliphatic heterocycles. The van der Waals surface area contributed by atoms with E-state index in [1.807, 2.05) is 42.5 Å². The summed E-state index contributed by atoms with van der Waals surface area (Å²) in [5.41, 5.74) is 2.42. The Morgan fingerprint density at radius 2 is 1.71 bits per heavy atom. The third-order valence-electron chi connectivity index (χ3n) is 3.77. The van der Waals surface area contributed by atoms with Gasteiger partial charge in [-0.15, -0.1) is 10.2 Å². The molecule has 6 heteroatoms. The van der Waals surface area contributed by atoms with E-state index in [1.165, 1.54) is 0 Å². The first-order chi connectivity index (χ1) is 11.8. The predicted octanol–water partition coefficient (Wildman–Crippen LogP) is 2.12. The van der Waals surface area contributed by atoms with Crippen molar-refractivity contribution in [3.05, 3.63) is 78.4 Å². The maximum atomic E-state index is 12.5. The van der Waals surface area contributed by atoms with Crippen LogP contribution in [-0.2, 0) is 0 Å². The Bertz CT molecular complexity index is 771. The predicted molar refractivity (Wildman–Crippen MR) is 89.7 cm³/mol. The van der Waals surface area contributed by atoms with Gasteiger partial charge in [0, 0.05) is 17.9 Å². The van der Waals surface area contributed by atoms with Crippen molar-refractivity contribution < 1.29 is 9.90 Å². The Morgan fingerprint density at radius 3 is 2.33 bits per heavy atom. The smallest absolute Gasteiger partial charge is 0.251 e. The first kappa shape index (κ1) is 15.9. The number of nitrogens with one attached hydrogen (secondary N) is 1. The number of carbonyl (C=O) groups is 1. The molecule has 1 aromatic heterocycles. The summed E-state index contributed by atoms with van der Waals surface area (Å²) in [4.78, 5) is 12.5. The SMILES string of the molecule is O=C(NC(CCO)c1ccccc1)c1ccc(-n2cnnc2)cc1. The van der Waals surface area contributed by atoms with Gasteiger partial charge < -0.3 is 10.4 Å². The molecule has 0 saturated heterocycles. The molecule has 0 radical (unpaired) electrons. The zero-order chi connectivity index (χ0) is 16.8. The molecule has 6 nitrogen and oxygen atoms in total. The number of nitrogens with zero attached hydrogens (tertiary/aromatic N) is 3. The van der Waals surface area contributed by atoms with Crippen LogP contribution in [0, 0.1) is 0 Å². The zero-order valence-corrected chi connectivity index (χ0v) is 13.0. The van der Waals surface area contributed by atoms with Gasteiger partial charge in [0.15, 0.2) is 0 Å². The van der Waals surface area contributed by atoms with Crippen LogP contribution >= 0.6 is 0 Å². The Labute approximate surface area is 139 Å². The molecular formula is C18H18N4O2. The van der Waals surface area contributed by atoms with Crippen LogP contribution in [0.25, 0.3) is 5.69 Å². The molecule has 1 atom stereocenters. The molecule has 24 heavy (non-hydrogen) atoms. The molecule has 1 amide bonds. The van der Waals surface area contributed by atoms with Crippen LogP contribution in [0.2, 0.25) is 0 Å². The van der Waals surface area contributed by atoms with Gasteiger partial charge in [0.05, 0.1) is 6.04 Å². The summed E-state index contributed by atoms with van der Waals surface area (Å²) in [6, 6.07) is 16.6. The zero-order valence-electron chi connectivity index (χ0n) is 13.0. The summed E-state index contributed by atoms with van der Waals surface area (Å²) in [5, 5.41) is 19.8. The van der Waals surface area contributed by atoms with Crippen molar-refractivity contribution in [2.45, 2.75) is 12.5 Å². The van der Waals surface area contributed by atoms with Gasteiger partial charge in [-0.25, -0.2) is 0 Å². The Kier molecular flexibility index (Phi) is 4.98. The number of carbonyl (C=O) groups excluding carboxylic acids is 1. The summed E-state index contributed by atoms with van der Waals surface area (Å²) in [6.07, 6.45) is 3.66. The van der Waals surface area contributed by atoms with Crippen LogP contribution in [-0.4, -0.2) is 32.4 Å². The highest BCUT2D eigenvalue weighted by molar-refractivity contribution is 5.94.